The molecule has 4 nitrogen and oxygen atoms in total. The molecular formula is C14H25N3O. The van der Waals surface area contributed by atoms with Gasteiger partial charge in [0.15, 0.2) is 0 Å². The van der Waals surface area contributed by atoms with Crippen molar-refractivity contribution in [3.8, 4) is 0 Å². The number of nitrogens with two attached hydrogens (primary N) is 1. The van der Waals surface area contributed by atoms with E-state index in [4.69, 9.17) is 10.6 Å². The van der Waals surface area contributed by atoms with Crippen molar-refractivity contribution in [3.05, 3.63) is 0 Å². The average Bonchev–Trinajstić information content (AvgIpc) is 2.35. The predicted octanol–water partition coefficient (Wildman–Crippen LogP) is 1.57. The highest BCUT2D eigenvalue weighted by atomic mass is 16.5. The highest BCUT2D eigenvalue weighted by Gasteiger charge is 2.49. The molecule has 4 rings (SSSR count). The molecule has 0 aromatic heterocycles. The van der Waals surface area contributed by atoms with Crippen molar-refractivity contribution in [2.45, 2.75) is 32.1 Å². The number of rotatable bonds is 4. The zero-order chi connectivity index (χ0) is 12.5. The molecule has 3 N–H and O–H groups in total. The van der Waals surface area contributed by atoms with Gasteiger partial charge in [-0.1, -0.05) is 0 Å². The molecule has 0 aromatic rings. The van der Waals surface area contributed by atoms with Gasteiger partial charge in [-0.05, 0) is 55.8 Å². The third kappa shape index (κ3) is 2.16. The lowest BCUT2D eigenvalue weighted by Gasteiger charge is -2.54. The number of aliphatic imine (C=N–C) groups is 1. The molecule has 0 aliphatic heterocycles. The van der Waals surface area contributed by atoms with Gasteiger partial charge in [-0.15, -0.1) is 0 Å². The van der Waals surface area contributed by atoms with E-state index < -0.39 is 0 Å². The van der Waals surface area contributed by atoms with Gasteiger partial charge in [0, 0.05) is 13.0 Å². The number of ether oxygens (including phenoxy) is 1. The van der Waals surface area contributed by atoms with Crippen molar-refractivity contribution in [1.29, 1.82) is 0 Å². The summed E-state index contributed by atoms with van der Waals surface area (Å²) in [7, 11) is 1.72. The summed E-state index contributed by atoms with van der Waals surface area (Å²) < 4.78 is 5.07. The fourth-order valence-corrected chi connectivity index (χ4v) is 4.88. The third-order valence-corrected chi connectivity index (χ3v) is 5.27. The van der Waals surface area contributed by atoms with Crippen molar-refractivity contribution in [2.24, 2.45) is 40.4 Å². The molecule has 4 bridgehead atoms. The molecule has 0 heterocycles. The molecule has 4 fully saturated rings. The van der Waals surface area contributed by atoms with Gasteiger partial charge in [0.1, 0.15) is 5.84 Å². The molecule has 0 atom stereocenters. The zero-order valence-corrected chi connectivity index (χ0v) is 11.3. The standard InChI is InChI=1S/C14H25N3O/c1-18-3-2-16-14(17-15)13-11-5-9-4-10(7-11)8-12(13)6-9/h9-13H,2-8,15H2,1H3,(H,16,17). The number of methoxy groups -OCH3 is 1. The van der Waals surface area contributed by atoms with E-state index in [0.29, 0.717) is 12.5 Å². The van der Waals surface area contributed by atoms with Crippen molar-refractivity contribution in [3.63, 3.8) is 0 Å². The Morgan fingerprint density at radius 3 is 2.28 bits per heavy atom. The minimum Gasteiger partial charge on any atom is -0.383 e. The monoisotopic (exact) mass is 251 g/mol. The van der Waals surface area contributed by atoms with Gasteiger partial charge >= 0.3 is 0 Å². The lowest BCUT2D eigenvalue weighted by molar-refractivity contribution is -0.00957. The van der Waals surface area contributed by atoms with Gasteiger partial charge in [0.2, 0.25) is 0 Å². The molecule has 0 saturated heterocycles. The van der Waals surface area contributed by atoms with Crippen LogP contribution in [0.15, 0.2) is 4.99 Å². The summed E-state index contributed by atoms with van der Waals surface area (Å²) in [5, 5.41) is 0. The van der Waals surface area contributed by atoms with E-state index in [9.17, 15) is 0 Å². The highest BCUT2D eigenvalue weighted by Crippen LogP contribution is 2.56. The first-order chi connectivity index (χ1) is 8.81. The predicted molar refractivity (Wildman–Crippen MR) is 72.0 cm³/mol. The van der Waals surface area contributed by atoms with E-state index in [1.165, 1.54) is 32.1 Å². The number of hydrogen-bond donors (Lipinski definition) is 2. The summed E-state index contributed by atoms with van der Waals surface area (Å²) >= 11 is 0. The van der Waals surface area contributed by atoms with Crippen LogP contribution in [0.2, 0.25) is 0 Å². The van der Waals surface area contributed by atoms with Crippen LogP contribution < -0.4 is 11.3 Å². The van der Waals surface area contributed by atoms with E-state index in [-0.39, 0.29) is 0 Å². The SMILES string of the molecule is COCCN=C(NN)C1C2CC3CC(C2)CC1C3. The van der Waals surface area contributed by atoms with Crippen molar-refractivity contribution < 1.29 is 4.74 Å². The highest BCUT2D eigenvalue weighted by molar-refractivity contribution is 5.85. The Labute approximate surface area is 109 Å². The second-order valence-electron chi connectivity index (χ2n) is 6.36. The van der Waals surface area contributed by atoms with Gasteiger partial charge in [0.05, 0.1) is 13.2 Å². The number of nitrogens with one attached hydrogen (secondary N) is 1. The quantitative estimate of drug-likeness (QED) is 0.262. The molecule has 4 aliphatic carbocycles. The Bertz CT molecular complexity index is 301. The third-order valence-electron chi connectivity index (χ3n) is 5.27. The van der Waals surface area contributed by atoms with E-state index >= 15 is 0 Å². The van der Waals surface area contributed by atoms with Crippen LogP contribution in [0.25, 0.3) is 0 Å². The largest absolute Gasteiger partial charge is 0.383 e. The summed E-state index contributed by atoms with van der Waals surface area (Å²) in [5.41, 5.74) is 2.88. The molecule has 0 unspecified atom stereocenters. The van der Waals surface area contributed by atoms with Gasteiger partial charge in [-0.2, -0.15) is 0 Å². The van der Waals surface area contributed by atoms with Gasteiger partial charge in [0.25, 0.3) is 0 Å². The van der Waals surface area contributed by atoms with E-state index in [0.717, 1.165) is 36.1 Å². The summed E-state index contributed by atoms with van der Waals surface area (Å²) in [5.74, 6) is 11.0. The maximum atomic E-state index is 5.71. The van der Waals surface area contributed by atoms with Crippen LogP contribution >= 0.6 is 0 Å². The minimum absolute atomic E-state index is 0.597. The summed E-state index contributed by atoms with van der Waals surface area (Å²) in [6.07, 6.45) is 7.11. The summed E-state index contributed by atoms with van der Waals surface area (Å²) in [6.45, 7) is 1.40. The molecular weight excluding hydrogens is 226 g/mol. The van der Waals surface area contributed by atoms with Crippen LogP contribution in [-0.4, -0.2) is 26.1 Å². The Kier molecular flexibility index (Phi) is 3.57. The van der Waals surface area contributed by atoms with Gasteiger partial charge < -0.3 is 10.2 Å². The van der Waals surface area contributed by atoms with Crippen LogP contribution in [0.5, 0.6) is 0 Å². The van der Waals surface area contributed by atoms with Crippen molar-refractivity contribution in [1.82, 2.24) is 5.43 Å². The summed E-state index contributed by atoms with van der Waals surface area (Å²) in [4.78, 5) is 4.63. The first kappa shape index (κ1) is 12.4. The minimum atomic E-state index is 0.597. The Hall–Kier alpha value is -0.610. The second-order valence-corrected chi connectivity index (χ2v) is 6.36. The van der Waals surface area contributed by atoms with Gasteiger partial charge in [-0.25, -0.2) is 5.84 Å². The molecule has 4 saturated carbocycles. The van der Waals surface area contributed by atoms with Crippen molar-refractivity contribution in [2.75, 3.05) is 20.3 Å². The maximum Gasteiger partial charge on any atom is 0.114 e. The maximum absolute atomic E-state index is 5.71. The summed E-state index contributed by atoms with van der Waals surface area (Å²) in [6, 6.07) is 0. The van der Waals surface area contributed by atoms with Gasteiger partial charge in [-0.3, -0.25) is 4.99 Å². The average molecular weight is 251 g/mol. The molecule has 0 radical (unpaired) electrons. The Balaban J connectivity index is 1.72. The van der Waals surface area contributed by atoms with E-state index in [2.05, 4.69) is 10.4 Å². The first-order valence-electron chi connectivity index (χ1n) is 7.31. The molecule has 18 heavy (non-hydrogen) atoms. The lowest BCUT2D eigenvalue weighted by Crippen LogP contribution is -2.52. The van der Waals surface area contributed by atoms with Crippen LogP contribution in [0.3, 0.4) is 0 Å². The van der Waals surface area contributed by atoms with Crippen molar-refractivity contribution >= 4 is 5.84 Å². The molecule has 4 heteroatoms. The second kappa shape index (κ2) is 5.17. The molecule has 102 valence electrons. The normalized spacial score (nSPS) is 42.3. The van der Waals surface area contributed by atoms with Crippen LogP contribution in [-0.2, 0) is 4.74 Å². The smallest absolute Gasteiger partial charge is 0.114 e. The number of hydrogen-bond acceptors (Lipinski definition) is 3. The first-order valence-corrected chi connectivity index (χ1v) is 7.31. The molecule has 0 spiro atoms. The molecule has 4 aliphatic rings. The number of amidine groups is 1. The van der Waals surface area contributed by atoms with Crippen LogP contribution in [0, 0.1) is 29.6 Å². The fourth-order valence-electron chi connectivity index (χ4n) is 4.88. The molecule has 0 amide bonds. The van der Waals surface area contributed by atoms with Crippen LogP contribution in [0.4, 0.5) is 0 Å². The van der Waals surface area contributed by atoms with E-state index in [1.807, 2.05) is 0 Å². The zero-order valence-electron chi connectivity index (χ0n) is 11.3. The lowest BCUT2D eigenvalue weighted by atomic mass is 9.51. The Morgan fingerprint density at radius 2 is 1.78 bits per heavy atom. The van der Waals surface area contributed by atoms with Crippen LogP contribution in [0.1, 0.15) is 32.1 Å². The fraction of sp³-hybridized carbons (Fsp3) is 0.929. The number of hydrazine groups is 1. The topological polar surface area (TPSA) is 59.6 Å². The van der Waals surface area contributed by atoms with E-state index in [1.54, 1.807) is 7.11 Å². The molecule has 0 aromatic carbocycles. The number of nitrogens with zero attached hydrogens (tertiary/aromatic N) is 1. The Morgan fingerprint density at radius 1 is 1.17 bits per heavy atom.